The van der Waals surface area contributed by atoms with Gasteiger partial charge < -0.3 is 14.8 Å². The molecule has 0 saturated carbocycles. The number of carbonyl (C=O) groups excluding carboxylic acids is 2. The number of carbonyl (C=O) groups is 2. The summed E-state index contributed by atoms with van der Waals surface area (Å²) in [6.45, 7) is 2.62. The summed E-state index contributed by atoms with van der Waals surface area (Å²) in [5.74, 6) is 1.17. The predicted octanol–water partition coefficient (Wildman–Crippen LogP) is 2.83. The number of fused-ring (bicyclic) bond motifs is 1. The SMILES string of the molecule is O=C(c1ccccc1)N1CCCC(C(=O)N2CCC(c3nc4ncccc4[nH]3)C2)C1. The maximum absolute atomic E-state index is 13.2. The van der Waals surface area contributed by atoms with E-state index in [0.717, 1.165) is 42.8 Å². The second kappa shape index (κ2) is 7.89. The maximum atomic E-state index is 13.2. The van der Waals surface area contributed by atoms with Crippen LogP contribution in [0.4, 0.5) is 0 Å². The summed E-state index contributed by atoms with van der Waals surface area (Å²) in [6.07, 6.45) is 4.34. The van der Waals surface area contributed by atoms with Crippen molar-refractivity contribution in [3.63, 3.8) is 0 Å². The van der Waals surface area contributed by atoms with Crippen LogP contribution < -0.4 is 0 Å². The summed E-state index contributed by atoms with van der Waals surface area (Å²) < 4.78 is 0. The molecule has 30 heavy (non-hydrogen) atoms. The Morgan fingerprint density at radius 2 is 1.83 bits per heavy atom. The molecule has 7 nitrogen and oxygen atoms in total. The summed E-state index contributed by atoms with van der Waals surface area (Å²) >= 11 is 0. The van der Waals surface area contributed by atoms with Crippen molar-refractivity contribution in [1.82, 2.24) is 24.8 Å². The fourth-order valence-corrected chi connectivity index (χ4v) is 4.63. The van der Waals surface area contributed by atoms with E-state index in [9.17, 15) is 9.59 Å². The van der Waals surface area contributed by atoms with Crippen LogP contribution in [0.15, 0.2) is 48.7 Å². The molecule has 2 aliphatic rings. The Hall–Kier alpha value is -3.22. The maximum Gasteiger partial charge on any atom is 0.253 e. The van der Waals surface area contributed by atoms with Crippen LogP contribution in [0.5, 0.6) is 0 Å². The van der Waals surface area contributed by atoms with E-state index in [-0.39, 0.29) is 23.7 Å². The minimum absolute atomic E-state index is 0.0159. The quantitative estimate of drug-likeness (QED) is 0.729. The van der Waals surface area contributed by atoms with Gasteiger partial charge in [-0.05, 0) is 43.5 Å². The third-order valence-corrected chi connectivity index (χ3v) is 6.24. The average Bonchev–Trinajstić information content (AvgIpc) is 3.46. The number of piperidine rings is 1. The molecule has 4 heterocycles. The largest absolute Gasteiger partial charge is 0.342 e. The van der Waals surface area contributed by atoms with E-state index in [2.05, 4.69) is 15.0 Å². The summed E-state index contributed by atoms with van der Waals surface area (Å²) in [5.41, 5.74) is 2.34. The molecule has 3 aromatic rings. The normalized spacial score (nSPS) is 21.9. The Morgan fingerprint density at radius 1 is 0.967 bits per heavy atom. The van der Waals surface area contributed by atoms with Crippen molar-refractivity contribution in [3.05, 3.63) is 60.0 Å². The number of aromatic nitrogens is 3. The van der Waals surface area contributed by atoms with Crippen LogP contribution in [0.2, 0.25) is 0 Å². The monoisotopic (exact) mass is 403 g/mol. The van der Waals surface area contributed by atoms with Gasteiger partial charge in [0.25, 0.3) is 5.91 Å². The van der Waals surface area contributed by atoms with Crippen molar-refractivity contribution in [2.45, 2.75) is 25.2 Å². The van der Waals surface area contributed by atoms with E-state index in [4.69, 9.17) is 0 Å². The molecule has 2 unspecified atom stereocenters. The summed E-state index contributed by atoms with van der Waals surface area (Å²) in [7, 11) is 0. The lowest BCUT2D eigenvalue weighted by molar-refractivity contribution is -0.135. The first-order chi connectivity index (χ1) is 14.7. The smallest absolute Gasteiger partial charge is 0.253 e. The molecule has 1 aromatic carbocycles. The van der Waals surface area contributed by atoms with Gasteiger partial charge in [-0.1, -0.05) is 18.2 Å². The van der Waals surface area contributed by atoms with Gasteiger partial charge in [-0.3, -0.25) is 9.59 Å². The van der Waals surface area contributed by atoms with Crippen molar-refractivity contribution in [3.8, 4) is 0 Å². The third kappa shape index (κ3) is 3.56. The van der Waals surface area contributed by atoms with Gasteiger partial charge in [0, 0.05) is 43.9 Å². The van der Waals surface area contributed by atoms with Crippen molar-refractivity contribution in [2.75, 3.05) is 26.2 Å². The number of benzene rings is 1. The minimum Gasteiger partial charge on any atom is -0.342 e. The zero-order valence-corrected chi connectivity index (χ0v) is 16.8. The summed E-state index contributed by atoms with van der Waals surface area (Å²) in [5, 5.41) is 0. The highest BCUT2D eigenvalue weighted by Gasteiger charge is 2.35. The molecule has 2 aromatic heterocycles. The number of hydrogen-bond acceptors (Lipinski definition) is 4. The van der Waals surface area contributed by atoms with E-state index < -0.39 is 0 Å². The molecular formula is C23H25N5O2. The Kier molecular flexibility index (Phi) is 4.94. The minimum atomic E-state index is -0.123. The van der Waals surface area contributed by atoms with Crippen LogP contribution in [0.1, 0.15) is 41.4 Å². The molecule has 2 saturated heterocycles. The predicted molar refractivity (Wildman–Crippen MR) is 113 cm³/mol. The van der Waals surface area contributed by atoms with Gasteiger partial charge in [0.05, 0.1) is 11.4 Å². The third-order valence-electron chi connectivity index (χ3n) is 6.24. The Morgan fingerprint density at radius 3 is 2.67 bits per heavy atom. The summed E-state index contributed by atoms with van der Waals surface area (Å²) in [6, 6.07) is 13.2. The molecule has 2 aliphatic heterocycles. The standard InChI is InChI=1S/C23H25N5O2/c29-22(16-6-2-1-3-7-16)27-12-5-8-18(15-27)23(30)28-13-10-17(14-28)20-25-19-9-4-11-24-21(19)26-20/h1-4,6-7,9,11,17-18H,5,8,10,12-15H2,(H,24,25,26). The van der Waals surface area contributed by atoms with Gasteiger partial charge in [-0.25, -0.2) is 9.97 Å². The molecule has 154 valence electrons. The van der Waals surface area contributed by atoms with Crippen LogP contribution in [-0.2, 0) is 4.79 Å². The van der Waals surface area contributed by atoms with E-state index in [1.54, 1.807) is 6.20 Å². The number of aromatic amines is 1. The number of rotatable bonds is 3. The number of hydrogen-bond donors (Lipinski definition) is 1. The molecule has 0 bridgehead atoms. The fraction of sp³-hybridized carbons (Fsp3) is 0.391. The van der Waals surface area contributed by atoms with Gasteiger partial charge in [-0.2, -0.15) is 0 Å². The zero-order valence-electron chi connectivity index (χ0n) is 16.8. The highest BCUT2D eigenvalue weighted by molar-refractivity contribution is 5.94. The highest BCUT2D eigenvalue weighted by Crippen LogP contribution is 2.29. The number of H-pyrrole nitrogens is 1. The first kappa shape index (κ1) is 18.8. The van der Waals surface area contributed by atoms with Crippen molar-refractivity contribution >= 4 is 23.0 Å². The molecule has 7 heteroatoms. The van der Waals surface area contributed by atoms with E-state index in [1.165, 1.54) is 0 Å². The molecule has 2 fully saturated rings. The van der Waals surface area contributed by atoms with E-state index >= 15 is 0 Å². The van der Waals surface area contributed by atoms with Gasteiger partial charge in [0.2, 0.25) is 5.91 Å². The Labute approximate surface area is 175 Å². The molecular weight excluding hydrogens is 378 g/mol. The van der Waals surface area contributed by atoms with Gasteiger partial charge in [0.1, 0.15) is 5.82 Å². The average molecular weight is 403 g/mol. The van der Waals surface area contributed by atoms with Crippen LogP contribution in [-0.4, -0.2) is 62.7 Å². The molecule has 1 N–H and O–H groups in total. The lowest BCUT2D eigenvalue weighted by Crippen LogP contribution is -2.46. The number of imidazole rings is 1. The van der Waals surface area contributed by atoms with Crippen molar-refractivity contribution in [1.29, 1.82) is 0 Å². The van der Waals surface area contributed by atoms with Gasteiger partial charge in [-0.15, -0.1) is 0 Å². The van der Waals surface area contributed by atoms with Crippen LogP contribution >= 0.6 is 0 Å². The fourth-order valence-electron chi connectivity index (χ4n) is 4.63. The number of nitrogens with zero attached hydrogens (tertiary/aromatic N) is 4. The molecule has 2 amide bonds. The topological polar surface area (TPSA) is 82.2 Å². The molecule has 0 aliphatic carbocycles. The van der Waals surface area contributed by atoms with Gasteiger partial charge in [0.15, 0.2) is 5.65 Å². The number of likely N-dealkylation sites (tertiary alicyclic amines) is 2. The first-order valence-electron chi connectivity index (χ1n) is 10.6. The summed E-state index contributed by atoms with van der Waals surface area (Å²) in [4.78, 5) is 42.0. The van der Waals surface area contributed by atoms with Crippen molar-refractivity contribution < 1.29 is 9.59 Å². The molecule has 2 atom stereocenters. The van der Waals surface area contributed by atoms with E-state index in [0.29, 0.717) is 25.2 Å². The van der Waals surface area contributed by atoms with Crippen LogP contribution in [0.3, 0.4) is 0 Å². The molecule has 0 radical (unpaired) electrons. The first-order valence-corrected chi connectivity index (χ1v) is 10.6. The Bertz CT molecular complexity index is 1030. The Balaban J connectivity index is 1.24. The zero-order chi connectivity index (χ0) is 20.5. The number of amides is 2. The lowest BCUT2D eigenvalue weighted by Gasteiger charge is -2.34. The number of nitrogens with one attached hydrogen (secondary N) is 1. The van der Waals surface area contributed by atoms with Crippen molar-refractivity contribution in [2.24, 2.45) is 5.92 Å². The molecule has 5 rings (SSSR count). The second-order valence-electron chi connectivity index (χ2n) is 8.22. The highest BCUT2D eigenvalue weighted by atomic mass is 16.2. The number of pyridine rings is 1. The van der Waals surface area contributed by atoms with Gasteiger partial charge >= 0.3 is 0 Å². The lowest BCUT2D eigenvalue weighted by atomic mass is 9.96. The molecule has 0 spiro atoms. The second-order valence-corrected chi connectivity index (χ2v) is 8.22. The van der Waals surface area contributed by atoms with E-state index in [1.807, 2.05) is 52.3 Å². The van der Waals surface area contributed by atoms with Crippen LogP contribution in [0.25, 0.3) is 11.2 Å². The van der Waals surface area contributed by atoms with Crippen LogP contribution in [0, 0.1) is 5.92 Å².